The van der Waals surface area contributed by atoms with E-state index in [1.54, 1.807) is 12.3 Å². The second-order valence-electron chi connectivity index (χ2n) is 11.3. The number of aromatic amines is 1. The van der Waals surface area contributed by atoms with E-state index in [1.807, 2.05) is 11.0 Å². The molecule has 0 spiro atoms. The van der Waals surface area contributed by atoms with E-state index in [9.17, 15) is 14.3 Å². The van der Waals surface area contributed by atoms with Crippen molar-refractivity contribution < 1.29 is 18.7 Å². The summed E-state index contributed by atoms with van der Waals surface area (Å²) < 4.78 is 28.7. The first-order valence-corrected chi connectivity index (χ1v) is 14.4. The Morgan fingerprint density at radius 2 is 1.76 bits per heavy atom. The number of benzene rings is 2. The van der Waals surface area contributed by atoms with E-state index in [0.717, 1.165) is 51.9 Å². The number of nitrogens with zero attached hydrogens (tertiary/aromatic N) is 4. The summed E-state index contributed by atoms with van der Waals surface area (Å²) in [6, 6.07) is 10.6. The number of aromatic nitrogens is 3. The molecule has 2 aromatic carbocycles. The molecule has 42 heavy (non-hydrogen) atoms. The molecule has 2 fully saturated rings. The number of fused-ring (bicyclic) bond motifs is 1. The molecule has 1 saturated carbocycles. The maximum atomic E-state index is 15.2. The van der Waals surface area contributed by atoms with Gasteiger partial charge in [-0.3, -0.25) is 4.79 Å². The number of nitrogens with one attached hydrogen (secondary N) is 3. The number of halogens is 2. The van der Waals surface area contributed by atoms with Gasteiger partial charge in [-0.15, -0.1) is 0 Å². The molecule has 4 aromatic rings. The lowest BCUT2D eigenvalue weighted by Gasteiger charge is -2.34. The van der Waals surface area contributed by atoms with E-state index in [-0.39, 0.29) is 36.1 Å². The monoisotopic (exact) mass is 575 g/mol. The normalized spacial score (nSPS) is 19.7. The minimum Gasteiger partial charge on any atom is -0.396 e. The third-order valence-electron chi connectivity index (χ3n) is 8.38. The van der Waals surface area contributed by atoms with E-state index in [2.05, 4.69) is 32.5 Å². The van der Waals surface area contributed by atoms with Crippen molar-refractivity contribution in [3.05, 3.63) is 71.4 Å². The molecule has 0 unspecified atom stereocenters. The Kier molecular flexibility index (Phi) is 8.03. The smallest absolute Gasteiger partial charge is 0.231 e. The summed E-state index contributed by atoms with van der Waals surface area (Å²) in [6.07, 6.45) is 5.07. The molecule has 4 N–H and O–H groups in total. The third kappa shape index (κ3) is 5.93. The standard InChI is InChI=1S/C31H35F2N7O2/c1-39-12-14-40(15-13-39)26-11-10-23(16-25(26)33)36-31-37-29-27(30(38-31)35-22-8-2-19(18-41)3-9-22)24(17-34-29)28(42)20-4-6-21(32)7-5-20/h4-7,10-11,16-17,19,22,41H,2-3,8-9,12-15,18H2,1H3,(H3,34,35,36,37,38). The Morgan fingerprint density at radius 3 is 2.45 bits per heavy atom. The highest BCUT2D eigenvalue weighted by Gasteiger charge is 2.25. The van der Waals surface area contributed by atoms with Gasteiger partial charge in [0.05, 0.1) is 16.6 Å². The van der Waals surface area contributed by atoms with Crippen molar-refractivity contribution in [2.24, 2.45) is 5.92 Å². The molecular formula is C31H35F2N7O2. The van der Waals surface area contributed by atoms with Crippen LogP contribution in [0.25, 0.3) is 11.0 Å². The van der Waals surface area contributed by atoms with Gasteiger partial charge in [0.2, 0.25) is 5.95 Å². The summed E-state index contributed by atoms with van der Waals surface area (Å²) >= 11 is 0. The first-order chi connectivity index (χ1) is 20.4. The largest absolute Gasteiger partial charge is 0.396 e. The molecule has 6 rings (SSSR count). The van der Waals surface area contributed by atoms with Gasteiger partial charge in [0, 0.05) is 56.3 Å². The highest BCUT2D eigenvalue weighted by Crippen LogP contribution is 2.33. The van der Waals surface area contributed by atoms with E-state index < -0.39 is 5.82 Å². The number of anilines is 4. The second kappa shape index (κ2) is 12.0. The molecule has 2 aromatic heterocycles. The van der Waals surface area contributed by atoms with Crippen molar-refractivity contribution in [1.29, 1.82) is 0 Å². The molecule has 220 valence electrons. The zero-order chi connectivity index (χ0) is 29.2. The fourth-order valence-electron chi connectivity index (χ4n) is 5.83. The average Bonchev–Trinajstić information content (AvgIpc) is 3.43. The van der Waals surface area contributed by atoms with E-state index in [0.29, 0.717) is 39.4 Å². The topological polar surface area (TPSA) is 109 Å². The summed E-state index contributed by atoms with van der Waals surface area (Å²) in [4.78, 5) is 30.2. The molecule has 0 amide bonds. The molecule has 0 bridgehead atoms. The van der Waals surface area contributed by atoms with Gasteiger partial charge in [-0.1, -0.05) is 0 Å². The Bertz CT molecular complexity index is 1560. The maximum Gasteiger partial charge on any atom is 0.231 e. The third-order valence-corrected chi connectivity index (χ3v) is 8.38. The molecule has 1 aliphatic heterocycles. The van der Waals surface area contributed by atoms with Crippen LogP contribution in [-0.4, -0.2) is 76.6 Å². The Labute approximate surface area is 243 Å². The lowest BCUT2D eigenvalue weighted by atomic mass is 9.86. The summed E-state index contributed by atoms with van der Waals surface area (Å²) in [5, 5.41) is 16.7. The van der Waals surface area contributed by atoms with Crippen molar-refractivity contribution in [2.75, 3.05) is 55.4 Å². The molecule has 0 atom stereocenters. The minimum absolute atomic E-state index is 0.0998. The number of carbonyl (C=O) groups excluding carboxylic acids is 1. The number of carbonyl (C=O) groups is 1. The molecule has 3 heterocycles. The zero-order valence-corrected chi connectivity index (χ0v) is 23.5. The van der Waals surface area contributed by atoms with Crippen molar-refractivity contribution in [1.82, 2.24) is 19.9 Å². The van der Waals surface area contributed by atoms with E-state index in [4.69, 9.17) is 4.98 Å². The van der Waals surface area contributed by atoms with Crippen LogP contribution in [0.3, 0.4) is 0 Å². The first-order valence-electron chi connectivity index (χ1n) is 14.4. The van der Waals surface area contributed by atoms with Crippen LogP contribution >= 0.6 is 0 Å². The van der Waals surface area contributed by atoms with Crippen LogP contribution in [0, 0.1) is 17.6 Å². The number of H-pyrrole nitrogens is 1. The van der Waals surface area contributed by atoms with Crippen molar-refractivity contribution in [3.8, 4) is 0 Å². The van der Waals surface area contributed by atoms with Gasteiger partial charge in [-0.2, -0.15) is 9.97 Å². The zero-order valence-electron chi connectivity index (χ0n) is 23.5. The highest BCUT2D eigenvalue weighted by atomic mass is 19.1. The summed E-state index contributed by atoms with van der Waals surface area (Å²) in [6.45, 7) is 3.47. The van der Waals surface area contributed by atoms with Gasteiger partial charge >= 0.3 is 0 Å². The molecule has 2 aliphatic rings. The molecule has 1 saturated heterocycles. The average molecular weight is 576 g/mol. The summed E-state index contributed by atoms with van der Waals surface area (Å²) in [5.74, 6) is 0.00565. The van der Waals surface area contributed by atoms with Crippen LogP contribution in [0.1, 0.15) is 41.6 Å². The predicted molar refractivity (Wildman–Crippen MR) is 160 cm³/mol. The van der Waals surface area contributed by atoms with Crippen LogP contribution in [0.4, 0.5) is 31.9 Å². The van der Waals surface area contributed by atoms with Crippen molar-refractivity contribution in [3.63, 3.8) is 0 Å². The number of ketones is 1. The van der Waals surface area contributed by atoms with Crippen molar-refractivity contribution in [2.45, 2.75) is 31.7 Å². The predicted octanol–water partition coefficient (Wildman–Crippen LogP) is 4.93. The maximum absolute atomic E-state index is 15.2. The first kappa shape index (κ1) is 28.0. The number of aliphatic hydroxyl groups excluding tert-OH is 1. The van der Waals surface area contributed by atoms with Gasteiger partial charge in [-0.25, -0.2) is 8.78 Å². The SMILES string of the molecule is CN1CCN(c2ccc(Nc3nc(NC4CCC(CO)CC4)c4c(C(=O)c5ccc(F)cc5)c[nH]c4n3)cc2F)CC1. The molecule has 11 heteroatoms. The fourth-order valence-corrected chi connectivity index (χ4v) is 5.83. The van der Waals surface area contributed by atoms with Gasteiger partial charge in [-0.05, 0) is 81.1 Å². The fraction of sp³-hybridized carbons (Fsp3) is 0.387. The summed E-state index contributed by atoms with van der Waals surface area (Å²) in [5.41, 5.74) is 2.24. The number of hydrogen-bond donors (Lipinski definition) is 4. The Hall–Kier alpha value is -4.09. The van der Waals surface area contributed by atoms with Gasteiger partial charge in [0.15, 0.2) is 5.78 Å². The number of aliphatic hydroxyl groups is 1. The number of piperazine rings is 1. The minimum atomic E-state index is -0.418. The summed E-state index contributed by atoms with van der Waals surface area (Å²) in [7, 11) is 2.06. The van der Waals surface area contributed by atoms with Gasteiger partial charge in [0.25, 0.3) is 0 Å². The lowest BCUT2D eigenvalue weighted by molar-refractivity contribution is 0.104. The quantitative estimate of drug-likeness (QED) is 0.219. The van der Waals surface area contributed by atoms with E-state index in [1.165, 1.54) is 30.3 Å². The van der Waals surface area contributed by atoms with Crippen LogP contribution in [-0.2, 0) is 0 Å². The Balaban J connectivity index is 1.31. The van der Waals surface area contributed by atoms with Crippen LogP contribution in [0.15, 0.2) is 48.7 Å². The number of rotatable bonds is 8. The Morgan fingerprint density at radius 1 is 1.02 bits per heavy atom. The van der Waals surface area contributed by atoms with Crippen molar-refractivity contribution >= 4 is 40.0 Å². The number of hydrogen-bond acceptors (Lipinski definition) is 8. The van der Waals surface area contributed by atoms with Crippen LogP contribution in [0.2, 0.25) is 0 Å². The van der Waals surface area contributed by atoms with Crippen LogP contribution < -0.4 is 15.5 Å². The lowest BCUT2D eigenvalue weighted by Crippen LogP contribution is -2.44. The van der Waals surface area contributed by atoms with Gasteiger partial charge in [0.1, 0.15) is 23.1 Å². The second-order valence-corrected chi connectivity index (χ2v) is 11.3. The van der Waals surface area contributed by atoms with E-state index >= 15 is 4.39 Å². The number of likely N-dealkylation sites (N-methyl/N-ethyl adjacent to an activating group) is 1. The van der Waals surface area contributed by atoms with Crippen LogP contribution in [0.5, 0.6) is 0 Å². The molecule has 0 radical (unpaired) electrons. The highest BCUT2D eigenvalue weighted by molar-refractivity contribution is 6.18. The molecule has 9 nitrogen and oxygen atoms in total. The molecule has 1 aliphatic carbocycles. The molecular weight excluding hydrogens is 540 g/mol. The van der Waals surface area contributed by atoms with Gasteiger partial charge < -0.3 is 30.5 Å².